The third-order valence-corrected chi connectivity index (χ3v) is 2.09. The van der Waals surface area contributed by atoms with E-state index >= 15 is 0 Å². The molecule has 0 bridgehead atoms. The molecule has 4 heteroatoms. The number of hydrogen-bond acceptors (Lipinski definition) is 4. The van der Waals surface area contributed by atoms with Crippen molar-refractivity contribution in [1.29, 1.82) is 0 Å². The normalized spacial score (nSPS) is 11.6. The van der Waals surface area contributed by atoms with Crippen molar-refractivity contribution in [3.05, 3.63) is 12.2 Å². The van der Waals surface area contributed by atoms with E-state index in [4.69, 9.17) is 10.9 Å². The van der Waals surface area contributed by atoms with Gasteiger partial charge in [-0.25, -0.2) is 0 Å². The van der Waals surface area contributed by atoms with Crippen molar-refractivity contribution in [2.24, 2.45) is 0 Å². The van der Waals surface area contributed by atoms with Gasteiger partial charge in [0.2, 0.25) is 5.89 Å². The number of rotatable bonds is 3. The summed E-state index contributed by atoms with van der Waals surface area (Å²) >= 11 is 0. The van der Waals surface area contributed by atoms with Gasteiger partial charge < -0.3 is 4.52 Å². The fraction of sp³-hybridized carbons (Fsp3) is 0.556. The number of terminal acetylenes is 1. The zero-order valence-electron chi connectivity index (χ0n) is 8.11. The molecular weight excluding hydrogens is 166 g/mol. The smallest absolute Gasteiger partial charge is 0.240 e. The summed E-state index contributed by atoms with van der Waals surface area (Å²) in [6.45, 7) is 4.49. The van der Waals surface area contributed by atoms with Gasteiger partial charge in [-0.3, -0.25) is 4.90 Å². The molecule has 1 rings (SSSR count). The molecule has 70 valence electrons. The van der Waals surface area contributed by atoms with Crippen LogP contribution in [0.15, 0.2) is 10.9 Å². The lowest BCUT2D eigenvalue weighted by atomic mass is 10.1. The van der Waals surface area contributed by atoms with Crippen molar-refractivity contribution in [3.8, 4) is 12.3 Å². The van der Waals surface area contributed by atoms with Crippen LogP contribution in [0.5, 0.6) is 0 Å². The molecule has 0 spiro atoms. The van der Waals surface area contributed by atoms with Crippen molar-refractivity contribution < 1.29 is 4.52 Å². The number of hydrogen-bond donors (Lipinski definition) is 0. The first-order valence-corrected chi connectivity index (χ1v) is 4.01. The van der Waals surface area contributed by atoms with E-state index < -0.39 is 0 Å². The highest BCUT2D eigenvalue weighted by Crippen LogP contribution is 2.12. The van der Waals surface area contributed by atoms with Crippen LogP contribution >= 0.6 is 0 Å². The molecule has 1 heterocycles. The molecule has 1 aromatic rings. The minimum Gasteiger partial charge on any atom is -0.338 e. The van der Waals surface area contributed by atoms with Gasteiger partial charge in [-0.1, -0.05) is 11.1 Å². The molecule has 0 aliphatic carbocycles. The number of aromatic nitrogens is 2. The van der Waals surface area contributed by atoms with E-state index in [1.807, 2.05) is 25.8 Å². The van der Waals surface area contributed by atoms with Crippen LogP contribution in [0, 0.1) is 12.3 Å². The molecule has 0 unspecified atom stereocenters. The average Bonchev–Trinajstić information content (AvgIpc) is 2.57. The zero-order valence-corrected chi connectivity index (χ0v) is 8.11. The molecule has 1 aromatic heterocycles. The average molecular weight is 179 g/mol. The second kappa shape index (κ2) is 3.58. The predicted molar refractivity (Wildman–Crippen MR) is 48.7 cm³/mol. The van der Waals surface area contributed by atoms with E-state index in [1.54, 1.807) is 0 Å². The molecule has 0 aromatic carbocycles. The lowest BCUT2D eigenvalue weighted by Crippen LogP contribution is -2.39. The Bertz CT molecular complexity index is 297. The minimum atomic E-state index is -0.297. The predicted octanol–water partition coefficient (Wildman–Crippen LogP) is 0.913. The summed E-state index contributed by atoms with van der Waals surface area (Å²) in [5.74, 6) is 3.26. The van der Waals surface area contributed by atoms with Gasteiger partial charge in [0.05, 0.1) is 12.1 Å². The van der Waals surface area contributed by atoms with Crippen LogP contribution in [0.25, 0.3) is 0 Å². The van der Waals surface area contributed by atoms with Gasteiger partial charge in [0.25, 0.3) is 0 Å². The van der Waals surface area contributed by atoms with Crippen LogP contribution in [0.1, 0.15) is 19.7 Å². The van der Waals surface area contributed by atoms with Crippen LogP contribution in [0.2, 0.25) is 0 Å². The summed E-state index contributed by atoms with van der Waals surface area (Å²) in [5, 5.41) is 3.52. The van der Waals surface area contributed by atoms with Crippen LogP contribution in [-0.2, 0) is 6.54 Å². The highest BCUT2D eigenvalue weighted by molar-refractivity contribution is 5.08. The summed E-state index contributed by atoms with van der Waals surface area (Å²) in [6, 6.07) is 0. The van der Waals surface area contributed by atoms with Gasteiger partial charge in [0, 0.05) is 0 Å². The molecule has 0 saturated carbocycles. The van der Waals surface area contributed by atoms with Crippen LogP contribution in [-0.4, -0.2) is 27.6 Å². The molecule has 0 amide bonds. The van der Waals surface area contributed by atoms with E-state index in [0.717, 1.165) is 0 Å². The molecule has 0 fully saturated rings. The van der Waals surface area contributed by atoms with Gasteiger partial charge in [-0.2, -0.15) is 4.98 Å². The molecule has 0 aliphatic rings. The second-order valence-electron chi connectivity index (χ2n) is 3.39. The topological polar surface area (TPSA) is 42.2 Å². The van der Waals surface area contributed by atoms with Crippen LogP contribution < -0.4 is 0 Å². The lowest BCUT2D eigenvalue weighted by Gasteiger charge is -2.29. The highest BCUT2D eigenvalue weighted by atomic mass is 16.5. The first-order valence-electron chi connectivity index (χ1n) is 4.01. The third kappa shape index (κ3) is 2.30. The Morgan fingerprint density at radius 3 is 2.85 bits per heavy atom. The van der Waals surface area contributed by atoms with Gasteiger partial charge >= 0.3 is 0 Å². The van der Waals surface area contributed by atoms with E-state index in [2.05, 4.69) is 16.1 Å². The Kier molecular flexibility index (Phi) is 2.69. The van der Waals surface area contributed by atoms with E-state index in [-0.39, 0.29) is 5.54 Å². The summed E-state index contributed by atoms with van der Waals surface area (Å²) in [7, 11) is 1.92. The molecule has 0 N–H and O–H groups in total. The van der Waals surface area contributed by atoms with E-state index in [9.17, 15) is 0 Å². The molecule has 0 radical (unpaired) electrons. The Morgan fingerprint density at radius 1 is 1.69 bits per heavy atom. The maximum atomic E-state index is 5.38. The first-order chi connectivity index (χ1) is 6.06. The van der Waals surface area contributed by atoms with Crippen molar-refractivity contribution >= 4 is 0 Å². The quantitative estimate of drug-likeness (QED) is 0.647. The third-order valence-electron chi connectivity index (χ3n) is 2.09. The Labute approximate surface area is 77.9 Å². The Hall–Kier alpha value is -1.34. The van der Waals surface area contributed by atoms with Crippen molar-refractivity contribution in [1.82, 2.24) is 15.0 Å². The molecule has 4 nitrogen and oxygen atoms in total. The SMILES string of the molecule is C#CC(C)(C)N(C)Cc1ncno1. The van der Waals surface area contributed by atoms with Gasteiger partial charge in [0.15, 0.2) is 6.33 Å². The van der Waals surface area contributed by atoms with E-state index in [0.29, 0.717) is 12.4 Å². The summed E-state index contributed by atoms with van der Waals surface area (Å²) < 4.78 is 4.87. The van der Waals surface area contributed by atoms with Crippen LogP contribution in [0.4, 0.5) is 0 Å². The molecule has 13 heavy (non-hydrogen) atoms. The van der Waals surface area contributed by atoms with Gasteiger partial charge in [0.1, 0.15) is 0 Å². The summed E-state index contributed by atoms with van der Waals surface area (Å²) in [5.41, 5.74) is -0.297. The van der Waals surface area contributed by atoms with Crippen molar-refractivity contribution in [2.75, 3.05) is 7.05 Å². The monoisotopic (exact) mass is 179 g/mol. The maximum Gasteiger partial charge on any atom is 0.240 e. The lowest BCUT2D eigenvalue weighted by molar-refractivity contribution is 0.179. The second-order valence-corrected chi connectivity index (χ2v) is 3.39. The summed E-state index contributed by atoms with van der Waals surface area (Å²) in [6.07, 6.45) is 6.76. The van der Waals surface area contributed by atoms with Crippen molar-refractivity contribution in [2.45, 2.75) is 25.9 Å². The molecular formula is C9H13N3O. The molecule has 0 atom stereocenters. The van der Waals surface area contributed by atoms with E-state index in [1.165, 1.54) is 6.33 Å². The number of nitrogens with zero attached hydrogens (tertiary/aromatic N) is 3. The summed E-state index contributed by atoms with van der Waals surface area (Å²) in [4.78, 5) is 5.89. The zero-order chi connectivity index (χ0) is 9.90. The Morgan fingerprint density at radius 2 is 2.38 bits per heavy atom. The Balaban J connectivity index is 2.62. The standard InChI is InChI=1S/C9H13N3O/c1-5-9(2,3)12(4)6-8-10-7-11-13-8/h1,7H,6H2,2-4H3. The van der Waals surface area contributed by atoms with Gasteiger partial charge in [-0.15, -0.1) is 6.42 Å². The minimum absolute atomic E-state index is 0.297. The first kappa shape index (κ1) is 9.75. The molecule has 0 saturated heterocycles. The molecule has 0 aliphatic heterocycles. The van der Waals surface area contributed by atoms with Gasteiger partial charge in [-0.05, 0) is 20.9 Å². The highest BCUT2D eigenvalue weighted by Gasteiger charge is 2.21. The largest absolute Gasteiger partial charge is 0.338 e. The fourth-order valence-electron chi connectivity index (χ4n) is 0.776. The van der Waals surface area contributed by atoms with Crippen molar-refractivity contribution in [3.63, 3.8) is 0 Å². The van der Waals surface area contributed by atoms with Crippen LogP contribution in [0.3, 0.4) is 0 Å². The fourth-order valence-corrected chi connectivity index (χ4v) is 0.776. The maximum absolute atomic E-state index is 5.38.